The van der Waals surface area contributed by atoms with Crippen LogP contribution in [-0.2, 0) is 4.79 Å². The predicted octanol–water partition coefficient (Wildman–Crippen LogP) is 1.36. The summed E-state index contributed by atoms with van der Waals surface area (Å²) in [4.78, 5) is 25.0. The Morgan fingerprint density at radius 1 is 1.27 bits per heavy atom. The summed E-state index contributed by atoms with van der Waals surface area (Å²) < 4.78 is 5.25. The van der Waals surface area contributed by atoms with Crippen LogP contribution >= 0.6 is 0 Å². The standard InChI is InChI=1S/C18H24N6O2/c1-12-21-18(26-22-12)13-4-7-20-16(11-13)23-9-5-14(6-10-23)24-8-2-3-15(24)17(19)25/h4,7,11,14-15H,2-3,5-6,8-10H2,1H3,(H2,19,25). The highest BCUT2D eigenvalue weighted by Crippen LogP contribution is 2.28. The van der Waals surface area contributed by atoms with Gasteiger partial charge in [-0.05, 0) is 51.3 Å². The number of piperidine rings is 1. The lowest BCUT2D eigenvalue weighted by molar-refractivity contribution is -0.123. The molecule has 2 aliphatic heterocycles. The first kappa shape index (κ1) is 17.0. The minimum Gasteiger partial charge on any atom is -0.368 e. The van der Waals surface area contributed by atoms with Crippen molar-refractivity contribution < 1.29 is 9.32 Å². The van der Waals surface area contributed by atoms with E-state index in [9.17, 15) is 4.79 Å². The van der Waals surface area contributed by atoms with Crippen LogP contribution in [0.4, 0.5) is 5.82 Å². The Morgan fingerprint density at radius 2 is 2.08 bits per heavy atom. The van der Waals surface area contributed by atoms with Gasteiger partial charge >= 0.3 is 0 Å². The Morgan fingerprint density at radius 3 is 2.77 bits per heavy atom. The van der Waals surface area contributed by atoms with Gasteiger partial charge in [-0.25, -0.2) is 4.98 Å². The number of rotatable bonds is 4. The van der Waals surface area contributed by atoms with Gasteiger partial charge in [-0.2, -0.15) is 4.98 Å². The maximum atomic E-state index is 11.7. The van der Waals surface area contributed by atoms with E-state index >= 15 is 0 Å². The number of carbonyl (C=O) groups is 1. The zero-order valence-electron chi connectivity index (χ0n) is 15.0. The number of amides is 1. The molecule has 0 bridgehead atoms. The molecule has 1 amide bonds. The molecule has 1 atom stereocenters. The van der Waals surface area contributed by atoms with E-state index < -0.39 is 0 Å². The van der Waals surface area contributed by atoms with Crippen molar-refractivity contribution in [3.63, 3.8) is 0 Å². The molecule has 0 aromatic carbocycles. The number of carbonyl (C=O) groups excluding carboxylic acids is 1. The fraction of sp³-hybridized carbons (Fsp3) is 0.556. The Hall–Kier alpha value is -2.48. The van der Waals surface area contributed by atoms with Crippen molar-refractivity contribution >= 4 is 11.7 Å². The van der Waals surface area contributed by atoms with Crippen molar-refractivity contribution in [2.45, 2.75) is 44.7 Å². The molecule has 0 saturated carbocycles. The van der Waals surface area contributed by atoms with Crippen LogP contribution in [0.2, 0.25) is 0 Å². The third-order valence-electron chi connectivity index (χ3n) is 5.40. The third kappa shape index (κ3) is 3.29. The van der Waals surface area contributed by atoms with Crippen molar-refractivity contribution in [3.05, 3.63) is 24.2 Å². The van der Waals surface area contributed by atoms with Crippen LogP contribution in [0.25, 0.3) is 11.5 Å². The van der Waals surface area contributed by atoms with Gasteiger partial charge in [0.15, 0.2) is 5.82 Å². The highest BCUT2D eigenvalue weighted by Gasteiger charge is 2.35. The molecule has 0 spiro atoms. The number of nitrogens with two attached hydrogens (primary N) is 1. The highest BCUT2D eigenvalue weighted by molar-refractivity contribution is 5.80. The van der Waals surface area contributed by atoms with E-state index in [-0.39, 0.29) is 11.9 Å². The number of likely N-dealkylation sites (tertiary alicyclic amines) is 1. The zero-order chi connectivity index (χ0) is 18.1. The lowest BCUT2D eigenvalue weighted by Crippen LogP contribution is -2.50. The van der Waals surface area contributed by atoms with E-state index in [4.69, 9.17) is 10.3 Å². The normalized spacial score (nSPS) is 22.0. The summed E-state index contributed by atoms with van der Waals surface area (Å²) in [7, 11) is 0. The van der Waals surface area contributed by atoms with E-state index in [1.54, 1.807) is 13.1 Å². The third-order valence-corrected chi connectivity index (χ3v) is 5.40. The van der Waals surface area contributed by atoms with Crippen molar-refractivity contribution in [1.82, 2.24) is 20.0 Å². The molecule has 2 N–H and O–H groups in total. The van der Waals surface area contributed by atoms with E-state index in [1.807, 2.05) is 12.1 Å². The quantitative estimate of drug-likeness (QED) is 0.882. The Labute approximate surface area is 152 Å². The second-order valence-electron chi connectivity index (χ2n) is 7.07. The summed E-state index contributed by atoms with van der Waals surface area (Å²) in [5, 5.41) is 3.85. The fourth-order valence-corrected chi connectivity index (χ4v) is 4.10. The second kappa shape index (κ2) is 7.03. The van der Waals surface area contributed by atoms with Gasteiger partial charge in [0.2, 0.25) is 5.91 Å². The van der Waals surface area contributed by atoms with E-state index in [0.29, 0.717) is 17.8 Å². The maximum Gasteiger partial charge on any atom is 0.258 e. The Kier molecular flexibility index (Phi) is 4.58. The summed E-state index contributed by atoms with van der Waals surface area (Å²) in [6, 6.07) is 4.21. The number of hydrogen-bond donors (Lipinski definition) is 1. The van der Waals surface area contributed by atoms with Crippen LogP contribution < -0.4 is 10.6 Å². The van der Waals surface area contributed by atoms with Gasteiger partial charge < -0.3 is 15.2 Å². The first-order chi connectivity index (χ1) is 12.6. The van der Waals surface area contributed by atoms with Gasteiger partial charge in [0.1, 0.15) is 5.82 Å². The summed E-state index contributed by atoms with van der Waals surface area (Å²) in [6.45, 7) is 4.60. The molecular formula is C18H24N6O2. The summed E-state index contributed by atoms with van der Waals surface area (Å²) in [6.07, 6.45) is 5.74. The van der Waals surface area contributed by atoms with Gasteiger partial charge in [0, 0.05) is 30.9 Å². The number of hydrogen-bond acceptors (Lipinski definition) is 7. The number of anilines is 1. The predicted molar refractivity (Wildman–Crippen MR) is 96.4 cm³/mol. The monoisotopic (exact) mass is 356 g/mol. The van der Waals surface area contributed by atoms with Gasteiger partial charge in [-0.1, -0.05) is 5.16 Å². The maximum absolute atomic E-state index is 11.7. The molecule has 8 heteroatoms. The van der Waals surface area contributed by atoms with Crippen LogP contribution in [-0.4, -0.2) is 57.6 Å². The summed E-state index contributed by atoms with van der Waals surface area (Å²) in [5.41, 5.74) is 6.45. The Balaban J connectivity index is 1.43. The average Bonchev–Trinajstić information content (AvgIpc) is 3.31. The molecule has 2 aliphatic rings. The van der Waals surface area contributed by atoms with Gasteiger partial charge in [-0.3, -0.25) is 9.69 Å². The summed E-state index contributed by atoms with van der Waals surface area (Å²) >= 11 is 0. The minimum absolute atomic E-state index is 0.0891. The van der Waals surface area contributed by atoms with Crippen LogP contribution in [0, 0.1) is 6.92 Å². The molecule has 0 radical (unpaired) electrons. The molecule has 2 fully saturated rings. The lowest BCUT2D eigenvalue weighted by atomic mass is 10.0. The van der Waals surface area contributed by atoms with Gasteiger partial charge in [0.25, 0.3) is 5.89 Å². The molecular weight excluding hydrogens is 332 g/mol. The van der Waals surface area contributed by atoms with Gasteiger partial charge in [-0.15, -0.1) is 0 Å². The number of aromatic nitrogens is 3. The van der Waals surface area contributed by atoms with E-state index in [1.165, 1.54) is 0 Å². The molecule has 2 aromatic rings. The first-order valence-corrected chi connectivity index (χ1v) is 9.18. The number of aryl methyl sites for hydroxylation is 1. The average molecular weight is 356 g/mol. The topological polar surface area (TPSA) is 101 Å². The van der Waals surface area contributed by atoms with Gasteiger partial charge in [0.05, 0.1) is 6.04 Å². The SMILES string of the molecule is Cc1noc(-c2ccnc(N3CCC(N4CCCC4C(N)=O)CC3)c2)n1. The van der Waals surface area contributed by atoms with Crippen molar-refractivity contribution in [2.75, 3.05) is 24.5 Å². The van der Waals surface area contributed by atoms with Crippen LogP contribution in [0.3, 0.4) is 0 Å². The zero-order valence-corrected chi connectivity index (χ0v) is 15.0. The van der Waals surface area contributed by atoms with Crippen molar-refractivity contribution in [2.24, 2.45) is 5.73 Å². The Bertz CT molecular complexity index is 783. The number of nitrogens with zero attached hydrogens (tertiary/aromatic N) is 5. The summed E-state index contributed by atoms with van der Waals surface area (Å²) in [5.74, 6) is 1.87. The molecule has 8 nitrogen and oxygen atoms in total. The second-order valence-corrected chi connectivity index (χ2v) is 7.07. The fourth-order valence-electron chi connectivity index (χ4n) is 4.10. The molecule has 26 heavy (non-hydrogen) atoms. The lowest BCUT2D eigenvalue weighted by Gasteiger charge is -2.39. The molecule has 2 aromatic heterocycles. The van der Waals surface area contributed by atoms with E-state index in [0.717, 1.165) is 56.7 Å². The minimum atomic E-state index is -0.186. The van der Waals surface area contributed by atoms with Crippen LogP contribution in [0.1, 0.15) is 31.5 Å². The number of pyridine rings is 1. The molecule has 1 unspecified atom stereocenters. The largest absolute Gasteiger partial charge is 0.368 e. The molecule has 4 heterocycles. The molecule has 0 aliphatic carbocycles. The smallest absolute Gasteiger partial charge is 0.258 e. The molecule has 2 saturated heterocycles. The first-order valence-electron chi connectivity index (χ1n) is 9.18. The van der Waals surface area contributed by atoms with Crippen LogP contribution in [0.15, 0.2) is 22.9 Å². The number of primary amides is 1. The van der Waals surface area contributed by atoms with Crippen molar-refractivity contribution in [3.8, 4) is 11.5 Å². The molecule has 4 rings (SSSR count). The van der Waals surface area contributed by atoms with Crippen LogP contribution in [0.5, 0.6) is 0 Å². The highest BCUT2D eigenvalue weighted by atomic mass is 16.5. The molecule has 138 valence electrons. The van der Waals surface area contributed by atoms with E-state index in [2.05, 4.69) is 24.9 Å². The van der Waals surface area contributed by atoms with Crippen molar-refractivity contribution in [1.29, 1.82) is 0 Å².